The molecule has 0 radical (unpaired) electrons. The third-order valence-electron chi connectivity index (χ3n) is 5.61. The van der Waals surface area contributed by atoms with E-state index < -0.39 is 22.0 Å². The van der Waals surface area contributed by atoms with Crippen molar-refractivity contribution in [3.05, 3.63) is 42.5 Å². The third-order valence-corrected chi connectivity index (χ3v) is 7.47. The minimum Gasteiger partial charge on any atom is -0.497 e. The van der Waals surface area contributed by atoms with Crippen LogP contribution in [0.25, 0.3) is 0 Å². The number of rotatable bonds is 5. The lowest BCUT2D eigenvalue weighted by Crippen LogP contribution is -2.43. The van der Waals surface area contributed by atoms with Gasteiger partial charge in [0.2, 0.25) is 15.9 Å². The lowest BCUT2D eigenvalue weighted by atomic mass is 9.98. The van der Waals surface area contributed by atoms with Crippen molar-refractivity contribution in [2.45, 2.75) is 30.8 Å². The van der Waals surface area contributed by atoms with Crippen LogP contribution in [0, 0.1) is 5.92 Å². The Kier molecular flexibility index (Phi) is 6.07. The summed E-state index contributed by atoms with van der Waals surface area (Å²) in [6.07, 6.45) is 0.516. The molecular weight excluding hydrogens is 434 g/mol. The van der Waals surface area contributed by atoms with Crippen molar-refractivity contribution in [3.63, 3.8) is 0 Å². The molecule has 32 heavy (non-hydrogen) atoms. The average molecular weight is 460 g/mol. The second-order valence-electron chi connectivity index (χ2n) is 7.83. The number of fused-ring (bicyclic) bond motifs is 1. The van der Waals surface area contributed by atoms with Gasteiger partial charge in [-0.1, -0.05) is 6.07 Å². The lowest BCUT2D eigenvalue weighted by Gasteiger charge is -2.31. The predicted octanol–water partition coefficient (Wildman–Crippen LogP) is 2.45. The van der Waals surface area contributed by atoms with Crippen LogP contribution in [0.3, 0.4) is 0 Å². The number of carbonyl (C=O) groups excluding carboxylic acids is 2. The molecule has 2 N–H and O–H groups in total. The first-order valence-electron chi connectivity index (χ1n) is 10.3. The fourth-order valence-electron chi connectivity index (χ4n) is 3.82. The number of anilines is 2. The Morgan fingerprint density at radius 2 is 2.06 bits per heavy atom. The molecule has 2 atom stereocenters. The van der Waals surface area contributed by atoms with Crippen LogP contribution in [0.1, 0.15) is 19.8 Å². The number of amides is 2. The first kappa shape index (κ1) is 22.1. The largest absolute Gasteiger partial charge is 0.497 e. The highest BCUT2D eigenvalue weighted by molar-refractivity contribution is 7.89. The van der Waals surface area contributed by atoms with Gasteiger partial charge in [-0.3, -0.25) is 9.59 Å². The maximum Gasteiger partial charge on any atom is 0.265 e. The van der Waals surface area contributed by atoms with E-state index in [1.807, 2.05) is 0 Å². The van der Waals surface area contributed by atoms with Crippen LogP contribution in [0.2, 0.25) is 0 Å². The molecule has 0 bridgehead atoms. The van der Waals surface area contributed by atoms with Crippen molar-refractivity contribution >= 4 is 33.2 Å². The molecule has 4 rings (SSSR count). The molecule has 2 heterocycles. The van der Waals surface area contributed by atoms with Gasteiger partial charge in [-0.25, -0.2) is 8.42 Å². The van der Waals surface area contributed by atoms with E-state index in [4.69, 9.17) is 9.47 Å². The van der Waals surface area contributed by atoms with E-state index in [1.165, 1.54) is 22.5 Å². The summed E-state index contributed by atoms with van der Waals surface area (Å²) in [4.78, 5) is 24.7. The molecule has 1 saturated heterocycles. The maximum atomic E-state index is 13.3. The summed E-state index contributed by atoms with van der Waals surface area (Å²) in [6.45, 7) is 2.02. The summed E-state index contributed by atoms with van der Waals surface area (Å²) < 4.78 is 38.5. The van der Waals surface area contributed by atoms with Gasteiger partial charge in [0.1, 0.15) is 11.5 Å². The highest BCUT2D eigenvalue weighted by Crippen LogP contribution is 2.33. The summed E-state index contributed by atoms with van der Waals surface area (Å²) >= 11 is 0. The number of hydrogen-bond acceptors (Lipinski definition) is 6. The summed E-state index contributed by atoms with van der Waals surface area (Å²) in [5.41, 5.74) is 0.910. The third kappa shape index (κ3) is 4.42. The smallest absolute Gasteiger partial charge is 0.265 e. The van der Waals surface area contributed by atoms with Gasteiger partial charge < -0.3 is 20.1 Å². The molecule has 2 aliphatic heterocycles. The molecule has 1 fully saturated rings. The number of benzene rings is 2. The molecule has 0 spiro atoms. The van der Waals surface area contributed by atoms with Gasteiger partial charge in [0, 0.05) is 24.8 Å². The highest BCUT2D eigenvalue weighted by Gasteiger charge is 2.34. The second-order valence-corrected chi connectivity index (χ2v) is 9.77. The van der Waals surface area contributed by atoms with Crippen LogP contribution in [-0.4, -0.2) is 50.8 Å². The summed E-state index contributed by atoms with van der Waals surface area (Å²) in [6, 6.07) is 11.4. The number of hydrogen-bond donors (Lipinski definition) is 2. The summed E-state index contributed by atoms with van der Waals surface area (Å²) in [5.74, 6) is -0.0115. The van der Waals surface area contributed by atoms with Crippen LogP contribution in [0.4, 0.5) is 11.4 Å². The molecule has 2 amide bonds. The molecule has 0 aliphatic carbocycles. The van der Waals surface area contributed by atoms with Gasteiger partial charge in [-0.05, 0) is 50.1 Å². The summed E-state index contributed by atoms with van der Waals surface area (Å²) in [5, 5.41) is 5.51. The van der Waals surface area contributed by atoms with E-state index in [0.29, 0.717) is 42.3 Å². The number of carbonyl (C=O) groups is 2. The predicted molar refractivity (Wildman–Crippen MR) is 118 cm³/mol. The number of nitrogens with zero attached hydrogens (tertiary/aromatic N) is 1. The van der Waals surface area contributed by atoms with Crippen molar-refractivity contribution in [3.8, 4) is 11.5 Å². The average Bonchev–Trinajstić information content (AvgIpc) is 2.79. The van der Waals surface area contributed by atoms with Gasteiger partial charge in [0.25, 0.3) is 5.91 Å². The van der Waals surface area contributed by atoms with Crippen molar-refractivity contribution in [2.75, 3.05) is 30.8 Å². The van der Waals surface area contributed by atoms with E-state index in [0.717, 1.165) is 0 Å². The van der Waals surface area contributed by atoms with Gasteiger partial charge in [-0.2, -0.15) is 4.31 Å². The Labute approximate surface area is 186 Å². The normalized spacial score (nSPS) is 21.1. The molecule has 2 aromatic carbocycles. The van der Waals surface area contributed by atoms with Crippen LogP contribution in [0.5, 0.6) is 11.5 Å². The molecule has 0 aromatic heterocycles. The zero-order chi connectivity index (χ0) is 22.9. The minimum atomic E-state index is -3.85. The monoisotopic (exact) mass is 459 g/mol. The van der Waals surface area contributed by atoms with Crippen molar-refractivity contribution in [1.29, 1.82) is 0 Å². The first-order chi connectivity index (χ1) is 15.3. The Morgan fingerprint density at radius 1 is 1.25 bits per heavy atom. The van der Waals surface area contributed by atoms with E-state index in [-0.39, 0.29) is 23.3 Å². The first-order valence-corrected chi connectivity index (χ1v) is 11.8. The van der Waals surface area contributed by atoms with Crippen LogP contribution >= 0.6 is 0 Å². The number of nitrogens with one attached hydrogen (secondary N) is 2. The summed E-state index contributed by atoms with van der Waals surface area (Å²) in [7, 11) is -2.30. The number of ether oxygens (including phenoxy) is 2. The Morgan fingerprint density at radius 3 is 2.84 bits per heavy atom. The Hall–Kier alpha value is -3.11. The fourth-order valence-corrected chi connectivity index (χ4v) is 5.37. The highest BCUT2D eigenvalue weighted by atomic mass is 32.2. The second kappa shape index (κ2) is 8.79. The zero-order valence-electron chi connectivity index (χ0n) is 17.8. The van der Waals surface area contributed by atoms with Gasteiger partial charge in [0.05, 0.1) is 23.6 Å². The molecule has 170 valence electrons. The number of methoxy groups -OCH3 is 1. The molecule has 2 aliphatic rings. The zero-order valence-corrected chi connectivity index (χ0v) is 18.6. The van der Waals surface area contributed by atoms with E-state index >= 15 is 0 Å². The Bertz CT molecular complexity index is 1150. The van der Waals surface area contributed by atoms with Gasteiger partial charge >= 0.3 is 0 Å². The van der Waals surface area contributed by atoms with Crippen molar-refractivity contribution < 1.29 is 27.5 Å². The molecule has 0 unspecified atom stereocenters. The van der Waals surface area contributed by atoms with E-state index in [2.05, 4.69) is 10.6 Å². The fraction of sp³-hybridized carbons (Fsp3) is 0.364. The van der Waals surface area contributed by atoms with Crippen LogP contribution < -0.4 is 20.1 Å². The Balaban J connectivity index is 1.49. The topological polar surface area (TPSA) is 114 Å². The van der Waals surface area contributed by atoms with E-state index in [9.17, 15) is 18.0 Å². The maximum absolute atomic E-state index is 13.3. The standard InChI is InChI=1S/C22H25N3O6S/c1-14-21(26)24-19-12-18(8-9-20(19)31-14)32(28,29)25-10-4-5-15(13-25)22(27)23-16-6-3-7-17(11-16)30-2/h3,6-9,11-12,14-15H,4-5,10,13H2,1-2H3,(H,23,27)(H,24,26)/t14-,15+/m1/s1. The lowest BCUT2D eigenvalue weighted by molar-refractivity contribution is -0.123. The van der Waals surface area contributed by atoms with E-state index in [1.54, 1.807) is 38.3 Å². The van der Waals surface area contributed by atoms with Crippen LogP contribution in [0.15, 0.2) is 47.4 Å². The molecule has 9 nitrogen and oxygen atoms in total. The molecule has 10 heteroatoms. The molecule has 2 aromatic rings. The van der Waals surface area contributed by atoms with Crippen molar-refractivity contribution in [1.82, 2.24) is 4.31 Å². The quantitative estimate of drug-likeness (QED) is 0.710. The number of piperidine rings is 1. The van der Waals surface area contributed by atoms with Crippen LogP contribution in [-0.2, 0) is 19.6 Å². The van der Waals surface area contributed by atoms with Crippen molar-refractivity contribution in [2.24, 2.45) is 5.92 Å². The van der Waals surface area contributed by atoms with Gasteiger partial charge in [0.15, 0.2) is 6.10 Å². The SMILES string of the molecule is COc1cccc(NC(=O)[C@H]2CCCN(S(=O)(=O)c3ccc4c(c3)NC(=O)[C@@H](C)O4)C2)c1. The minimum absolute atomic E-state index is 0.0450. The molecular formula is C22H25N3O6S. The number of sulfonamides is 1. The van der Waals surface area contributed by atoms with Gasteiger partial charge in [-0.15, -0.1) is 0 Å². The molecule has 0 saturated carbocycles.